The van der Waals surface area contributed by atoms with Gasteiger partial charge in [-0.3, -0.25) is 4.79 Å². The van der Waals surface area contributed by atoms with Crippen LogP contribution in [0.4, 0.5) is 0 Å². The molecule has 3 nitrogen and oxygen atoms in total. The molecule has 2 aliphatic rings. The zero-order chi connectivity index (χ0) is 9.80. The van der Waals surface area contributed by atoms with Gasteiger partial charge in [-0.1, -0.05) is 19.3 Å². The number of hydrogen-bond donors (Lipinski definition) is 1. The van der Waals surface area contributed by atoms with Crippen molar-refractivity contribution in [2.45, 2.75) is 44.6 Å². The van der Waals surface area contributed by atoms with E-state index in [-0.39, 0.29) is 18.0 Å². The Balaban J connectivity index is 1.75. The summed E-state index contributed by atoms with van der Waals surface area (Å²) in [4.78, 5) is 11.7. The first-order valence-corrected chi connectivity index (χ1v) is 5.77. The summed E-state index contributed by atoms with van der Waals surface area (Å²) in [5.74, 6) is 0.253. The fourth-order valence-corrected chi connectivity index (χ4v) is 2.33. The summed E-state index contributed by atoms with van der Waals surface area (Å²) in [6.07, 6.45) is 6.89. The van der Waals surface area contributed by atoms with E-state index in [0.29, 0.717) is 0 Å². The van der Waals surface area contributed by atoms with Gasteiger partial charge in [0, 0.05) is 6.54 Å². The maximum absolute atomic E-state index is 11.7. The van der Waals surface area contributed by atoms with Gasteiger partial charge in [0.1, 0.15) is 6.10 Å². The number of ether oxygens (including phenoxy) is 1. The van der Waals surface area contributed by atoms with Crippen LogP contribution in [-0.4, -0.2) is 25.2 Å². The molecular weight excluding hydrogens is 178 g/mol. The molecule has 0 spiro atoms. The van der Waals surface area contributed by atoms with Crippen molar-refractivity contribution in [2.24, 2.45) is 5.92 Å². The van der Waals surface area contributed by atoms with E-state index in [0.717, 1.165) is 32.4 Å². The summed E-state index contributed by atoms with van der Waals surface area (Å²) in [6.45, 7) is 1.83. The van der Waals surface area contributed by atoms with Crippen molar-refractivity contribution in [3.63, 3.8) is 0 Å². The molecule has 1 saturated heterocycles. The summed E-state index contributed by atoms with van der Waals surface area (Å²) in [5.41, 5.74) is 0. The molecule has 1 aliphatic heterocycles. The molecule has 0 radical (unpaired) electrons. The first kappa shape index (κ1) is 9.97. The summed E-state index contributed by atoms with van der Waals surface area (Å²) < 4.78 is 5.45. The van der Waals surface area contributed by atoms with E-state index in [4.69, 9.17) is 4.74 Å². The molecule has 1 aliphatic carbocycles. The first-order valence-electron chi connectivity index (χ1n) is 5.77. The van der Waals surface area contributed by atoms with Gasteiger partial charge in [-0.05, 0) is 25.8 Å². The van der Waals surface area contributed by atoms with Gasteiger partial charge in [-0.2, -0.15) is 0 Å². The number of carbonyl (C=O) groups excluding carboxylic acids is 1. The number of rotatable bonds is 2. The zero-order valence-electron chi connectivity index (χ0n) is 8.63. The maximum Gasteiger partial charge on any atom is 0.309 e. The van der Waals surface area contributed by atoms with Crippen molar-refractivity contribution < 1.29 is 9.53 Å². The van der Waals surface area contributed by atoms with E-state index in [1.54, 1.807) is 0 Å². The molecule has 1 N–H and O–H groups in total. The largest absolute Gasteiger partial charge is 0.461 e. The lowest BCUT2D eigenvalue weighted by molar-refractivity contribution is -0.154. The molecule has 1 unspecified atom stereocenters. The van der Waals surface area contributed by atoms with Gasteiger partial charge in [0.2, 0.25) is 0 Å². The number of hydrogen-bond acceptors (Lipinski definition) is 3. The fourth-order valence-electron chi connectivity index (χ4n) is 2.33. The minimum atomic E-state index is 0.0541. The number of nitrogens with one attached hydrogen (secondary N) is 1. The molecule has 80 valence electrons. The van der Waals surface area contributed by atoms with Crippen LogP contribution in [0.5, 0.6) is 0 Å². The summed E-state index contributed by atoms with van der Waals surface area (Å²) in [5, 5.41) is 3.20. The zero-order valence-corrected chi connectivity index (χ0v) is 8.63. The highest BCUT2D eigenvalue weighted by Gasteiger charge is 2.26. The van der Waals surface area contributed by atoms with Gasteiger partial charge < -0.3 is 10.1 Å². The van der Waals surface area contributed by atoms with Gasteiger partial charge >= 0.3 is 5.97 Å². The predicted octanol–water partition coefficient (Wildman–Crippen LogP) is 1.47. The third kappa shape index (κ3) is 2.47. The molecule has 1 heterocycles. The van der Waals surface area contributed by atoms with Crippen molar-refractivity contribution >= 4 is 5.97 Å². The van der Waals surface area contributed by atoms with Crippen molar-refractivity contribution in [1.82, 2.24) is 5.32 Å². The highest BCUT2D eigenvalue weighted by molar-refractivity contribution is 5.72. The minimum Gasteiger partial charge on any atom is -0.461 e. The summed E-state index contributed by atoms with van der Waals surface area (Å²) >= 11 is 0. The van der Waals surface area contributed by atoms with Crippen molar-refractivity contribution in [3.05, 3.63) is 0 Å². The van der Waals surface area contributed by atoms with E-state index >= 15 is 0 Å². The Morgan fingerprint density at radius 3 is 2.57 bits per heavy atom. The first-order chi connectivity index (χ1) is 6.86. The molecule has 0 aromatic heterocycles. The molecule has 2 rings (SSSR count). The van der Waals surface area contributed by atoms with Crippen molar-refractivity contribution in [3.8, 4) is 0 Å². The average molecular weight is 197 g/mol. The lowest BCUT2D eigenvalue weighted by Gasteiger charge is -2.21. The maximum atomic E-state index is 11.7. The van der Waals surface area contributed by atoms with E-state index in [1.165, 1.54) is 19.3 Å². The van der Waals surface area contributed by atoms with Crippen LogP contribution in [0.25, 0.3) is 0 Å². The Kier molecular flexibility index (Phi) is 3.40. The molecule has 2 fully saturated rings. The second-order valence-corrected chi connectivity index (χ2v) is 4.39. The number of esters is 1. The molecule has 14 heavy (non-hydrogen) atoms. The lowest BCUT2D eigenvalue weighted by atomic mass is 9.89. The predicted molar refractivity (Wildman–Crippen MR) is 53.9 cm³/mol. The van der Waals surface area contributed by atoms with Gasteiger partial charge in [-0.25, -0.2) is 0 Å². The Labute approximate surface area is 85.2 Å². The Bertz CT molecular complexity index is 193. The highest BCUT2D eigenvalue weighted by atomic mass is 16.5. The van der Waals surface area contributed by atoms with Crippen molar-refractivity contribution in [1.29, 1.82) is 0 Å². The average Bonchev–Trinajstić information content (AvgIpc) is 2.72. The van der Waals surface area contributed by atoms with Crippen LogP contribution < -0.4 is 5.32 Å². The van der Waals surface area contributed by atoms with Crippen LogP contribution >= 0.6 is 0 Å². The topological polar surface area (TPSA) is 38.3 Å². The van der Waals surface area contributed by atoms with Gasteiger partial charge in [0.25, 0.3) is 0 Å². The van der Waals surface area contributed by atoms with E-state index < -0.39 is 0 Å². The SMILES string of the molecule is O=C(OC1CCNC1)C1CCCCC1. The van der Waals surface area contributed by atoms with Crippen LogP contribution in [-0.2, 0) is 9.53 Å². The quantitative estimate of drug-likeness (QED) is 0.681. The normalized spacial score (nSPS) is 29.0. The van der Waals surface area contributed by atoms with E-state index in [2.05, 4.69) is 5.32 Å². The second kappa shape index (κ2) is 4.78. The van der Waals surface area contributed by atoms with Crippen LogP contribution in [0, 0.1) is 5.92 Å². The van der Waals surface area contributed by atoms with E-state index in [1.807, 2.05) is 0 Å². The molecule has 0 aromatic rings. The summed E-state index contributed by atoms with van der Waals surface area (Å²) in [7, 11) is 0. The lowest BCUT2D eigenvalue weighted by Crippen LogP contribution is -2.27. The van der Waals surface area contributed by atoms with Gasteiger partial charge in [0.05, 0.1) is 5.92 Å². The van der Waals surface area contributed by atoms with Gasteiger partial charge in [0.15, 0.2) is 0 Å². The number of carbonyl (C=O) groups is 1. The fraction of sp³-hybridized carbons (Fsp3) is 0.909. The monoisotopic (exact) mass is 197 g/mol. The van der Waals surface area contributed by atoms with Crippen LogP contribution in [0.3, 0.4) is 0 Å². The Morgan fingerprint density at radius 2 is 1.93 bits per heavy atom. The van der Waals surface area contributed by atoms with Crippen LogP contribution in [0.1, 0.15) is 38.5 Å². The van der Waals surface area contributed by atoms with Gasteiger partial charge in [-0.15, -0.1) is 0 Å². The Morgan fingerprint density at radius 1 is 1.14 bits per heavy atom. The third-order valence-corrected chi connectivity index (χ3v) is 3.24. The van der Waals surface area contributed by atoms with Crippen molar-refractivity contribution in [2.75, 3.05) is 13.1 Å². The third-order valence-electron chi connectivity index (χ3n) is 3.24. The molecule has 3 heteroatoms. The smallest absolute Gasteiger partial charge is 0.309 e. The molecule has 0 aromatic carbocycles. The molecular formula is C11H19NO2. The molecule has 0 bridgehead atoms. The Hall–Kier alpha value is -0.570. The van der Waals surface area contributed by atoms with Crippen LogP contribution in [0.15, 0.2) is 0 Å². The summed E-state index contributed by atoms with van der Waals surface area (Å²) in [6, 6.07) is 0. The minimum absolute atomic E-state index is 0.0541. The standard InChI is InChI=1S/C11H19NO2/c13-11(9-4-2-1-3-5-9)14-10-6-7-12-8-10/h9-10,12H,1-8H2. The molecule has 1 saturated carbocycles. The van der Waals surface area contributed by atoms with Crippen LogP contribution in [0.2, 0.25) is 0 Å². The molecule has 0 amide bonds. The van der Waals surface area contributed by atoms with E-state index in [9.17, 15) is 4.79 Å². The molecule has 1 atom stereocenters. The highest BCUT2D eigenvalue weighted by Crippen LogP contribution is 2.25. The second-order valence-electron chi connectivity index (χ2n) is 4.39.